The van der Waals surface area contributed by atoms with Crippen LogP contribution in [0.1, 0.15) is 27.7 Å². The summed E-state index contributed by atoms with van der Waals surface area (Å²) >= 11 is 0. The second kappa shape index (κ2) is 4.17. The van der Waals surface area contributed by atoms with Crippen molar-refractivity contribution in [2.24, 2.45) is 11.3 Å². The van der Waals surface area contributed by atoms with Gasteiger partial charge >= 0.3 is 0 Å². The molecular weight excluding hydrogens is 238 g/mol. The molecule has 4 bridgehead atoms. The zero-order chi connectivity index (χ0) is 13.9. The Bertz CT molecular complexity index is 349. The molecule has 0 amide bonds. The third-order valence-electron chi connectivity index (χ3n) is 5.44. The average molecular weight is 267 g/mol. The lowest BCUT2D eigenvalue weighted by atomic mass is 9.61. The number of fused-ring (bicyclic) bond motifs is 1. The summed E-state index contributed by atoms with van der Waals surface area (Å²) in [5.41, 5.74) is -0.488. The van der Waals surface area contributed by atoms with Crippen LogP contribution in [0.4, 0.5) is 0 Å². The summed E-state index contributed by atoms with van der Waals surface area (Å²) in [5.74, 6) is 0.386. The summed E-state index contributed by atoms with van der Waals surface area (Å²) < 4.78 is 0. The Labute approximate surface area is 117 Å². The van der Waals surface area contributed by atoms with E-state index in [1.807, 2.05) is 0 Å². The number of aliphatic hydroxyl groups is 1. The average Bonchev–Trinajstić information content (AvgIpc) is 2.51. The molecule has 0 aromatic carbocycles. The molecule has 0 aromatic rings. The molecule has 110 valence electrons. The number of piperidine rings is 2. The highest BCUT2D eigenvalue weighted by atomic mass is 16.3. The van der Waals surface area contributed by atoms with Crippen LogP contribution in [-0.2, 0) is 0 Å². The predicted molar refractivity (Wildman–Crippen MR) is 77.2 cm³/mol. The van der Waals surface area contributed by atoms with Gasteiger partial charge in [0.25, 0.3) is 0 Å². The van der Waals surface area contributed by atoms with Crippen molar-refractivity contribution < 1.29 is 5.11 Å². The minimum atomic E-state index is -0.558. The fraction of sp³-hybridized carbons (Fsp3) is 1.00. The van der Waals surface area contributed by atoms with Crippen LogP contribution < -0.4 is 5.32 Å². The van der Waals surface area contributed by atoms with Crippen molar-refractivity contribution in [3.05, 3.63) is 0 Å². The van der Waals surface area contributed by atoms with E-state index in [9.17, 15) is 5.11 Å². The predicted octanol–water partition coefficient (Wildman–Crippen LogP) is 0.373. The molecule has 2 N–H and O–H groups in total. The quantitative estimate of drug-likeness (QED) is 0.758. The minimum absolute atomic E-state index is 0.00289. The molecule has 4 aliphatic rings. The molecule has 4 aliphatic heterocycles. The monoisotopic (exact) mass is 267 g/mol. The maximum atomic E-state index is 11.4. The van der Waals surface area contributed by atoms with Crippen LogP contribution in [0, 0.1) is 11.3 Å². The molecule has 3 atom stereocenters. The summed E-state index contributed by atoms with van der Waals surface area (Å²) in [4.78, 5) is 5.12. The molecule has 0 aliphatic carbocycles. The smallest absolute Gasteiger partial charge is 0.0901 e. The molecule has 0 saturated carbocycles. The van der Waals surface area contributed by atoms with E-state index in [1.165, 1.54) is 13.1 Å². The molecule has 0 aromatic heterocycles. The topological polar surface area (TPSA) is 38.7 Å². The second-order valence-electron chi connectivity index (χ2n) is 8.26. The maximum Gasteiger partial charge on any atom is 0.0901 e. The van der Waals surface area contributed by atoms with E-state index in [0.717, 1.165) is 32.7 Å². The van der Waals surface area contributed by atoms with Gasteiger partial charge < -0.3 is 20.2 Å². The molecule has 4 heterocycles. The molecule has 0 spiro atoms. The van der Waals surface area contributed by atoms with Crippen LogP contribution in [0.3, 0.4) is 0 Å². The van der Waals surface area contributed by atoms with Crippen molar-refractivity contribution in [1.82, 2.24) is 15.1 Å². The summed E-state index contributed by atoms with van der Waals surface area (Å²) in [6, 6.07) is 0. The fourth-order valence-corrected chi connectivity index (χ4v) is 4.30. The third kappa shape index (κ3) is 2.23. The van der Waals surface area contributed by atoms with Crippen molar-refractivity contribution >= 4 is 0 Å². The van der Waals surface area contributed by atoms with Crippen LogP contribution in [0.5, 0.6) is 0 Å². The Kier molecular flexibility index (Phi) is 3.03. The van der Waals surface area contributed by atoms with Crippen molar-refractivity contribution in [3.8, 4) is 0 Å². The highest BCUT2D eigenvalue weighted by Crippen LogP contribution is 2.47. The molecule has 2 unspecified atom stereocenters. The van der Waals surface area contributed by atoms with E-state index in [-0.39, 0.29) is 11.0 Å². The number of β-amino-alcohol motifs (C(OH)–C–C–N with tert-alkyl or cyclic N) is 1. The second-order valence-corrected chi connectivity index (χ2v) is 8.26. The van der Waals surface area contributed by atoms with Crippen LogP contribution in [-0.4, -0.2) is 71.9 Å². The van der Waals surface area contributed by atoms with Crippen molar-refractivity contribution in [2.45, 2.75) is 38.8 Å². The number of nitrogens with zero attached hydrogens (tertiary/aromatic N) is 2. The van der Waals surface area contributed by atoms with E-state index in [4.69, 9.17) is 0 Å². The number of rotatable bonds is 2. The van der Waals surface area contributed by atoms with Gasteiger partial charge in [0, 0.05) is 62.7 Å². The summed E-state index contributed by atoms with van der Waals surface area (Å²) in [7, 11) is 0. The van der Waals surface area contributed by atoms with Crippen molar-refractivity contribution in [1.29, 1.82) is 0 Å². The summed E-state index contributed by atoms with van der Waals surface area (Å²) in [6.07, 6.45) is 0. The number of nitrogens with one attached hydrogen (secondary N) is 1. The molecule has 4 nitrogen and oxygen atoms in total. The van der Waals surface area contributed by atoms with Crippen molar-refractivity contribution in [2.75, 3.05) is 45.8 Å². The lowest BCUT2D eigenvalue weighted by Crippen LogP contribution is -2.73. The highest BCUT2D eigenvalue weighted by molar-refractivity contribution is 5.14. The molecule has 4 saturated heterocycles. The Balaban J connectivity index is 1.85. The number of hydrogen-bond donors (Lipinski definition) is 2. The first kappa shape index (κ1) is 13.8. The highest BCUT2D eigenvalue weighted by Gasteiger charge is 2.60. The van der Waals surface area contributed by atoms with E-state index >= 15 is 0 Å². The van der Waals surface area contributed by atoms with Crippen LogP contribution in [0.2, 0.25) is 0 Å². The maximum absolute atomic E-state index is 11.4. The zero-order valence-corrected chi connectivity index (χ0v) is 12.9. The van der Waals surface area contributed by atoms with E-state index in [2.05, 4.69) is 42.8 Å². The summed E-state index contributed by atoms with van der Waals surface area (Å²) in [5, 5.41) is 15.0. The van der Waals surface area contributed by atoms with Gasteiger partial charge in [0.2, 0.25) is 0 Å². The van der Waals surface area contributed by atoms with Gasteiger partial charge in [-0.1, -0.05) is 6.92 Å². The van der Waals surface area contributed by atoms with Gasteiger partial charge in [0.1, 0.15) is 0 Å². The Morgan fingerprint density at radius 2 is 1.68 bits per heavy atom. The lowest BCUT2D eigenvalue weighted by Gasteiger charge is -2.59. The normalized spacial score (nSPS) is 49.4. The van der Waals surface area contributed by atoms with Crippen LogP contribution in [0.25, 0.3) is 0 Å². The molecule has 4 heteroatoms. The Morgan fingerprint density at radius 1 is 1.16 bits per heavy atom. The lowest BCUT2D eigenvalue weighted by molar-refractivity contribution is -0.189. The van der Waals surface area contributed by atoms with E-state index in [0.29, 0.717) is 5.92 Å². The standard InChI is InChI=1S/C15H29N3O/c1-13(2,3)16-9-15(19)12-7-17-5-6-18(8-12)11-14(15,4)10-17/h12,16,19H,5-11H2,1-4H3/t12?,14?,15-/m1/s1. The molecular formula is C15H29N3O. The van der Waals surface area contributed by atoms with Gasteiger partial charge in [-0.05, 0) is 20.8 Å². The Hall–Kier alpha value is -0.160. The van der Waals surface area contributed by atoms with Crippen molar-refractivity contribution in [3.63, 3.8) is 0 Å². The van der Waals surface area contributed by atoms with Gasteiger partial charge in [0.15, 0.2) is 0 Å². The zero-order valence-electron chi connectivity index (χ0n) is 12.9. The molecule has 0 radical (unpaired) electrons. The van der Waals surface area contributed by atoms with Gasteiger partial charge in [0.05, 0.1) is 5.60 Å². The SMILES string of the molecule is CC(C)(C)NC[C@@]1(O)C2CN3CCN(C2)CC1(C)C3. The van der Waals surface area contributed by atoms with E-state index < -0.39 is 5.60 Å². The van der Waals surface area contributed by atoms with Crippen LogP contribution in [0.15, 0.2) is 0 Å². The first-order valence-corrected chi connectivity index (χ1v) is 7.64. The minimum Gasteiger partial charge on any atom is -0.387 e. The van der Waals surface area contributed by atoms with Crippen LogP contribution >= 0.6 is 0 Å². The van der Waals surface area contributed by atoms with Gasteiger partial charge in [-0.3, -0.25) is 0 Å². The largest absolute Gasteiger partial charge is 0.387 e. The van der Waals surface area contributed by atoms with Gasteiger partial charge in [-0.2, -0.15) is 0 Å². The number of hydrogen-bond acceptors (Lipinski definition) is 4. The first-order valence-electron chi connectivity index (χ1n) is 7.64. The van der Waals surface area contributed by atoms with Gasteiger partial charge in [-0.25, -0.2) is 0 Å². The molecule has 4 rings (SSSR count). The fourth-order valence-electron chi connectivity index (χ4n) is 4.30. The van der Waals surface area contributed by atoms with Gasteiger partial charge in [-0.15, -0.1) is 0 Å². The summed E-state index contributed by atoms with van der Waals surface area (Å²) in [6.45, 7) is 16.1. The van der Waals surface area contributed by atoms with E-state index in [1.54, 1.807) is 0 Å². The first-order chi connectivity index (χ1) is 8.72. The molecule has 4 fully saturated rings. The Morgan fingerprint density at radius 3 is 2.11 bits per heavy atom. The third-order valence-corrected chi connectivity index (χ3v) is 5.44. The molecule has 19 heavy (non-hydrogen) atoms.